The second kappa shape index (κ2) is 6.06. The van der Waals surface area contributed by atoms with Gasteiger partial charge in [0.2, 0.25) is 11.8 Å². The lowest BCUT2D eigenvalue weighted by Crippen LogP contribution is -2.43. The molecule has 2 saturated heterocycles. The van der Waals surface area contributed by atoms with E-state index in [1.807, 2.05) is 16.7 Å². The third kappa shape index (κ3) is 2.84. The maximum Gasteiger partial charge on any atom is 0.226 e. The molecular formula is C15H23N5O2. The van der Waals surface area contributed by atoms with Gasteiger partial charge in [0.15, 0.2) is 5.82 Å². The first-order valence-electron chi connectivity index (χ1n) is 8.01. The maximum atomic E-state index is 12.8. The standard InChI is InChI=1S/C15H23N5O2/c1-10-16-14(18-17-10)13-4-3-7-20(13)15(22)12-5-8-19(9-6-12)11(2)21/h12-13H,3-9H2,1-2H3,(H,16,17,18)/t13-/m0/s1. The molecule has 2 aliphatic heterocycles. The molecule has 0 saturated carbocycles. The Morgan fingerprint density at radius 1 is 1.18 bits per heavy atom. The van der Waals surface area contributed by atoms with Crippen LogP contribution in [0.15, 0.2) is 0 Å². The van der Waals surface area contributed by atoms with Crippen LogP contribution >= 0.6 is 0 Å². The summed E-state index contributed by atoms with van der Waals surface area (Å²) < 4.78 is 0. The second-order valence-corrected chi connectivity index (χ2v) is 6.25. The molecule has 3 heterocycles. The molecule has 1 aromatic heterocycles. The first-order chi connectivity index (χ1) is 10.6. The van der Waals surface area contributed by atoms with Crippen LogP contribution in [-0.4, -0.2) is 56.4 Å². The Kier molecular flexibility index (Phi) is 4.13. The molecule has 22 heavy (non-hydrogen) atoms. The van der Waals surface area contributed by atoms with Crippen LogP contribution in [0.4, 0.5) is 0 Å². The van der Waals surface area contributed by atoms with E-state index in [1.54, 1.807) is 6.92 Å². The summed E-state index contributed by atoms with van der Waals surface area (Å²) in [6, 6.07) is 0.00304. The van der Waals surface area contributed by atoms with E-state index in [0.717, 1.165) is 43.9 Å². The molecule has 0 spiro atoms. The molecule has 0 aliphatic carbocycles. The lowest BCUT2D eigenvalue weighted by molar-refractivity contribution is -0.141. The molecule has 3 rings (SSSR count). The molecule has 7 nitrogen and oxygen atoms in total. The molecular weight excluding hydrogens is 282 g/mol. The van der Waals surface area contributed by atoms with Gasteiger partial charge in [0.1, 0.15) is 5.82 Å². The van der Waals surface area contributed by atoms with Crippen molar-refractivity contribution < 1.29 is 9.59 Å². The first-order valence-corrected chi connectivity index (χ1v) is 8.01. The van der Waals surface area contributed by atoms with Crippen molar-refractivity contribution in [2.75, 3.05) is 19.6 Å². The van der Waals surface area contributed by atoms with E-state index in [0.29, 0.717) is 13.1 Å². The number of amides is 2. The van der Waals surface area contributed by atoms with Crippen molar-refractivity contribution >= 4 is 11.8 Å². The number of aromatic amines is 1. The van der Waals surface area contributed by atoms with E-state index < -0.39 is 0 Å². The highest BCUT2D eigenvalue weighted by Gasteiger charge is 2.37. The van der Waals surface area contributed by atoms with E-state index in [1.165, 1.54) is 0 Å². The fourth-order valence-electron chi connectivity index (χ4n) is 3.48. The van der Waals surface area contributed by atoms with Crippen LogP contribution < -0.4 is 0 Å². The lowest BCUT2D eigenvalue weighted by atomic mass is 9.95. The van der Waals surface area contributed by atoms with E-state index in [4.69, 9.17) is 0 Å². The Morgan fingerprint density at radius 3 is 2.50 bits per heavy atom. The molecule has 2 fully saturated rings. The number of nitrogens with zero attached hydrogens (tertiary/aromatic N) is 4. The van der Waals surface area contributed by atoms with Crippen molar-refractivity contribution in [3.05, 3.63) is 11.6 Å². The highest BCUT2D eigenvalue weighted by atomic mass is 16.2. The lowest BCUT2D eigenvalue weighted by Gasteiger charge is -2.34. The topological polar surface area (TPSA) is 82.2 Å². The second-order valence-electron chi connectivity index (χ2n) is 6.25. The normalized spacial score (nSPS) is 23.1. The summed E-state index contributed by atoms with van der Waals surface area (Å²) in [5.74, 6) is 1.83. The number of carbonyl (C=O) groups is 2. The highest BCUT2D eigenvalue weighted by Crippen LogP contribution is 2.33. The fourth-order valence-corrected chi connectivity index (χ4v) is 3.48. The number of rotatable bonds is 2. The van der Waals surface area contributed by atoms with E-state index in [-0.39, 0.29) is 23.8 Å². The largest absolute Gasteiger partial charge is 0.343 e. The van der Waals surface area contributed by atoms with E-state index >= 15 is 0 Å². The number of H-pyrrole nitrogens is 1. The van der Waals surface area contributed by atoms with E-state index in [9.17, 15) is 9.59 Å². The number of hydrogen-bond acceptors (Lipinski definition) is 4. The van der Waals surface area contributed by atoms with Crippen molar-refractivity contribution in [2.24, 2.45) is 5.92 Å². The summed E-state index contributed by atoms with van der Waals surface area (Å²) in [5.41, 5.74) is 0. The Bertz CT molecular complexity index is 562. The third-order valence-corrected chi connectivity index (χ3v) is 4.74. The molecule has 0 bridgehead atoms. The van der Waals surface area contributed by atoms with Gasteiger partial charge in [-0.3, -0.25) is 14.7 Å². The van der Waals surface area contributed by atoms with Gasteiger partial charge in [0.25, 0.3) is 0 Å². The van der Waals surface area contributed by atoms with Crippen molar-refractivity contribution in [3.63, 3.8) is 0 Å². The zero-order chi connectivity index (χ0) is 15.7. The van der Waals surface area contributed by atoms with Gasteiger partial charge in [-0.25, -0.2) is 4.98 Å². The number of nitrogens with one attached hydrogen (secondary N) is 1. The van der Waals surface area contributed by atoms with Crippen LogP contribution in [0.3, 0.4) is 0 Å². The van der Waals surface area contributed by atoms with Crippen LogP contribution in [0.1, 0.15) is 50.3 Å². The number of piperidine rings is 1. The molecule has 0 radical (unpaired) electrons. The minimum absolute atomic E-state index is 0.00304. The number of likely N-dealkylation sites (tertiary alicyclic amines) is 2. The van der Waals surface area contributed by atoms with Gasteiger partial charge in [-0.2, -0.15) is 5.10 Å². The monoisotopic (exact) mass is 305 g/mol. The maximum absolute atomic E-state index is 12.8. The SMILES string of the molecule is CC(=O)N1CCC(C(=O)N2CCC[C@H]2c2n[nH]c(C)n2)CC1. The quantitative estimate of drug-likeness (QED) is 0.885. The summed E-state index contributed by atoms with van der Waals surface area (Å²) >= 11 is 0. The molecule has 2 aliphatic rings. The molecule has 1 aromatic rings. The fraction of sp³-hybridized carbons (Fsp3) is 0.733. The van der Waals surface area contributed by atoms with Gasteiger partial charge in [0.05, 0.1) is 6.04 Å². The zero-order valence-corrected chi connectivity index (χ0v) is 13.2. The number of carbonyl (C=O) groups excluding carboxylic acids is 2. The van der Waals surface area contributed by atoms with Crippen LogP contribution in [0.25, 0.3) is 0 Å². The van der Waals surface area contributed by atoms with Gasteiger partial charge in [-0.1, -0.05) is 0 Å². The van der Waals surface area contributed by atoms with Crippen LogP contribution in [-0.2, 0) is 9.59 Å². The average molecular weight is 305 g/mol. The van der Waals surface area contributed by atoms with Gasteiger partial charge in [-0.05, 0) is 32.6 Å². The predicted molar refractivity (Wildman–Crippen MR) is 79.8 cm³/mol. The Balaban J connectivity index is 1.65. The minimum Gasteiger partial charge on any atom is -0.343 e. The molecule has 1 atom stereocenters. The summed E-state index contributed by atoms with van der Waals surface area (Å²) in [6.07, 6.45) is 3.44. The minimum atomic E-state index is 0.00304. The molecule has 7 heteroatoms. The summed E-state index contributed by atoms with van der Waals surface area (Å²) in [6.45, 7) is 5.61. The number of aromatic nitrogens is 3. The smallest absolute Gasteiger partial charge is 0.226 e. The van der Waals surface area contributed by atoms with Crippen molar-refractivity contribution in [1.29, 1.82) is 0 Å². The van der Waals surface area contributed by atoms with Crippen molar-refractivity contribution in [3.8, 4) is 0 Å². The molecule has 120 valence electrons. The Morgan fingerprint density at radius 2 is 1.91 bits per heavy atom. The van der Waals surface area contributed by atoms with Crippen LogP contribution in [0.2, 0.25) is 0 Å². The summed E-state index contributed by atoms with van der Waals surface area (Å²) in [5, 5.41) is 7.09. The number of hydrogen-bond donors (Lipinski definition) is 1. The molecule has 2 amide bonds. The molecule has 1 N–H and O–H groups in total. The number of aryl methyl sites for hydroxylation is 1. The van der Waals surface area contributed by atoms with Gasteiger partial charge >= 0.3 is 0 Å². The average Bonchev–Trinajstić information content (AvgIpc) is 3.15. The Labute approximate surface area is 130 Å². The van der Waals surface area contributed by atoms with Crippen molar-refractivity contribution in [1.82, 2.24) is 25.0 Å². The third-order valence-electron chi connectivity index (χ3n) is 4.74. The van der Waals surface area contributed by atoms with Gasteiger partial charge in [-0.15, -0.1) is 0 Å². The van der Waals surface area contributed by atoms with Gasteiger partial charge < -0.3 is 9.80 Å². The van der Waals surface area contributed by atoms with Gasteiger partial charge in [0, 0.05) is 32.5 Å². The molecule has 0 aromatic carbocycles. The molecule has 0 unspecified atom stereocenters. The van der Waals surface area contributed by atoms with E-state index in [2.05, 4.69) is 15.2 Å². The predicted octanol–water partition coefficient (Wildman–Crippen LogP) is 1.04. The highest BCUT2D eigenvalue weighted by molar-refractivity contribution is 5.80. The zero-order valence-electron chi connectivity index (χ0n) is 13.2. The van der Waals surface area contributed by atoms with Crippen LogP contribution in [0.5, 0.6) is 0 Å². The first kappa shape index (κ1) is 15.0. The Hall–Kier alpha value is -1.92. The summed E-state index contributed by atoms with van der Waals surface area (Å²) in [7, 11) is 0. The van der Waals surface area contributed by atoms with Crippen LogP contribution in [0, 0.1) is 12.8 Å². The summed E-state index contributed by atoms with van der Waals surface area (Å²) in [4.78, 5) is 32.4. The van der Waals surface area contributed by atoms with Crippen molar-refractivity contribution in [2.45, 2.75) is 45.6 Å².